The molecule has 0 radical (unpaired) electrons. The van der Waals surface area contributed by atoms with Crippen LogP contribution in [0.25, 0.3) is 88.4 Å². The van der Waals surface area contributed by atoms with Crippen LogP contribution in [0.4, 0.5) is 52.7 Å². The second-order valence-electron chi connectivity index (χ2n) is 28.5. The fourth-order valence-corrected chi connectivity index (χ4v) is 13.3. The van der Waals surface area contributed by atoms with Crippen molar-refractivity contribution in [3.63, 3.8) is 0 Å². The third-order valence-electron chi connectivity index (χ3n) is 19.0. The molecule has 0 saturated carbocycles. The first-order valence-corrected chi connectivity index (χ1v) is 37.5. The van der Waals surface area contributed by atoms with Crippen LogP contribution in [-0.2, 0) is 19.2 Å². The molecule has 0 N–H and O–H groups in total. The Hall–Kier alpha value is -12.7. The number of nitrogens with zero attached hydrogens (tertiary/aromatic N) is 7. The average Bonchev–Trinajstić information content (AvgIpc) is 1.71. The highest BCUT2D eigenvalue weighted by Gasteiger charge is 2.36. The molecule has 23 nitrogen and oxygen atoms in total. The van der Waals surface area contributed by atoms with Crippen molar-refractivity contribution < 1.29 is 128 Å². The zero-order valence-electron chi connectivity index (χ0n) is 64.3. The maximum Gasteiger partial charge on any atom is 0.573 e. The number of carbonyl (C=O) groups excluding carboxylic acids is 4. The second-order valence-corrected chi connectivity index (χ2v) is 28.5. The molecule has 3 saturated heterocycles. The second kappa shape index (κ2) is 37.3. The lowest BCUT2D eigenvalue weighted by molar-refractivity contribution is -0.275. The van der Waals surface area contributed by atoms with Gasteiger partial charge in [0.2, 0.25) is 11.8 Å². The Kier molecular flexibility index (Phi) is 26.8. The van der Waals surface area contributed by atoms with Gasteiger partial charge in [0.15, 0.2) is 34.7 Å². The number of fused-ring (bicyclic) bond motifs is 4. The lowest BCUT2D eigenvalue weighted by Crippen LogP contribution is -2.43. The molecular weight excluding hydrogens is 1590 g/mol. The van der Waals surface area contributed by atoms with Crippen molar-refractivity contribution in [2.75, 3.05) is 52.6 Å². The Morgan fingerprint density at radius 1 is 0.378 bits per heavy atom. The third-order valence-corrected chi connectivity index (χ3v) is 19.0. The molecule has 35 heteroatoms. The van der Waals surface area contributed by atoms with E-state index in [1.807, 2.05) is 45.6 Å². The van der Waals surface area contributed by atoms with Crippen LogP contribution in [0.1, 0.15) is 79.6 Å². The topological polar surface area (TPSA) is 256 Å². The lowest BCUT2D eigenvalue weighted by atomic mass is 10.0. The molecule has 12 aromatic rings. The average molecular weight is 1670 g/mol. The number of hydrogen-bond acceptors (Lipinski definition) is 20. The first-order valence-electron chi connectivity index (χ1n) is 37.5. The van der Waals surface area contributed by atoms with Crippen LogP contribution in [0, 0.1) is 11.8 Å². The number of hydrogen-bond donors (Lipinski definition) is 0. The number of aromatic nitrogens is 4. The van der Waals surface area contributed by atoms with Crippen molar-refractivity contribution in [2.45, 2.75) is 117 Å². The first-order chi connectivity index (χ1) is 56.6. The van der Waals surface area contributed by atoms with E-state index in [9.17, 15) is 71.9 Å². The Morgan fingerprint density at radius 3 is 0.983 bits per heavy atom. The molecular formula is C84H77F12N7O16. The van der Waals surface area contributed by atoms with Crippen LogP contribution in [0.15, 0.2) is 188 Å². The van der Waals surface area contributed by atoms with Gasteiger partial charge in [0.25, 0.3) is 29.4 Å². The van der Waals surface area contributed by atoms with Gasteiger partial charge < -0.3 is 70.7 Å². The highest BCUT2D eigenvalue weighted by Crippen LogP contribution is 2.39. The van der Waals surface area contributed by atoms with Gasteiger partial charge in [0.05, 0.1) is 33.6 Å². The predicted molar refractivity (Wildman–Crippen MR) is 407 cm³/mol. The van der Waals surface area contributed by atoms with Gasteiger partial charge in [-0.3, -0.25) is 19.2 Å². The number of halogens is 12. The van der Waals surface area contributed by atoms with Gasteiger partial charge in [-0.15, -0.1) is 52.7 Å². The van der Waals surface area contributed by atoms with Crippen LogP contribution >= 0.6 is 0 Å². The molecule has 0 bridgehead atoms. The molecule has 2 atom stereocenters. The van der Waals surface area contributed by atoms with E-state index in [0.29, 0.717) is 104 Å². The van der Waals surface area contributed by atoms with Crippen molar-refractivity contribution >= 4 is 67.4 Å². The van der Waals surface area contributed by atoms with Crippen molar-refractivity contribution in [3.8, 4) is 91.0 Å². The van der Waals surface area contributed by atoms with E-state index < -0.39 is 25.4 Å². The number of likely N-dealkylation sites (tertiary alicyclic amines) is 3. The fraction of sp³-hybridized carbons (Fsp3) is 0.333. The van der Waals surface area contributed by atoms with Crippen LogP contribution < -0.4 is 37.9 Å². The molecule has 119 heavy (non-hydrogen) atoms. The molecule has 4 aromatic heterocycles. The van der Waals surface area contributed by atoms with Crippen LogP contribution in [0.2, 0.25) is 0 Å². The van der Waals surface area contributed by atoms with E-state index in [1.165, 1.54) is 84.9 Å². The number of ether oxygens (including phenoxy) is 8. The Morgan fingerprint density at radius 2 is 0.681 bits per heavy atom. The number of amides is 3. The summed E-state index contributed by atoms with van der Waals surface area (Å²) in [5, 5.41) is 18.1. The van der Waals surface area contributed by atoms with Gasteiger partial charge in [-0.05, 0) is 207 Å². The van der Waals surface area contributed by atoms with E-state index in [4.69, 9.17) is 37.0 Å². The quantitative estimate of drug-likeness (QED) is 0.0482. The molecule has 0 spiro atoms. The largest absolute Gasteiger partial charge is 0.573 e. The van der Waals surface area contributed by atoms with Gasteiger partial charge in [-0.2, -0.15) is 0 Å². The molecule has 7 heterocycles. The van der Waals surface area contributed by atoms with E-state index in [2.05, 4.69) is 39.6 Å². The molecule has 3 amide bonds. The van der Waals surface area contributed by atoms with Crippen molar-refractivity contribution in [2.24, 2.45) is 11.8 Å². The zero-order valence-corrected chi connectivity index (χ0v) is 64.3. The predicted octanol–water partition coefficient (Wildman–Crippen LogP) is 20.0. The minimum atomic E-state index is -4.73. The summed E-state index contributed by atoms with van der Waals surface area (Å²) < 4.78 is 207. The van der Waals surface area contributed by atoms with Gasteiger partial charge in [0.1, 0.15) is 42.8 Å². The smallest absolute Gasteiger partial charge is 0.473 e. The summed E-state index contributed by atoms with van der Waals surface area (Å²) in [4.78, 5) is 53.4. The standard InChI is InChI=1S/C23H23F3N2O4.C21H19F3N2O4.C20H17F3N2O4.C20H18F3NO4/c1-14(2)19(28-11-3-4-21(28)29)13-30-22-18-12-16(7-10-20(18)32-27-22)15-5-8-17(9-6-15)31-23(24,25)26;1-13(26-10-2-3-19(26)27)12-28-20-17-11-15(6-9-18(17)30-25-20)14-4-7-16(8-5-14)29-21(22,23)24;21-20(22,23)28-15-6-3-13(4-7-15)14-5-8-17-16(11-14)19(24-29-17)27-12-18(26)25-9-1-2-10-25;1-12(2)9-15(25)11-26-19-17-10-14(5-8-18(17)28-24-19)13-3-6-16(7-4-13)27-20(21,22)23/h5-10,12,14,19H,3-4,11,13H2,1-2H3;4-9,11,13H,2-3,10,12H2,1H3;3-8,11H,1-2,9-10,12H2;3-8,10,12H,9,11H2,1-2H3/t19-;13-;;/m11../s1. The van der Waals surface area contributed by atoms with Gasteiger partial charge in [-0.25, -0.2) is 0 Å². The molecule has 3 aliphatic rings. The SMILES string of the molecule is CC(C)CC(=O)COc1noc2ccc(-c3ccc(OC(F)(F)F)cc3)cc12.CC(C)[C@@H](COc1noc2ccc(-c3ccc(OC(F)(F)F)cc3)cc12)N1CCCC1=O.C[C@H](COc1noc2ccc(-c3ccc(OC(F)(F)F)cc3)cc12)N1CCCC1=O.O=C(COc1noc2ccc(-c3ccc(OC(F)(F)F)cc3)cc12)N1CCCC1. The lowest BCUT2D eigenvalue weighted by Gasteiger charge is -2.30. The van der Waals surface area contributed by atoms with Crippen molar-refractivity contribution in [1.29, 1.82) is 0 Å². The van der Waals surface area contributed by atoms with Crippen molar-refractivity contribution in [1.82, 2.24) is 35.3 Å². The van der Waals surface area contributed by atoms with Gasteiger partial charge in [-0.1, -0.05) is 100 Å². The van der Waals surface area contributed by atoms with E-state index >= 15 is 0 Å². The number of Topliss-reactive ketones (excluding diaryl/α,β-unsaturated/α-hetero) is 1. The fourth-order valence-electron chi connectivity index (χ4n) is 13.3. The summed E-state index contributed by atoms with van der Waals surface area (Å²) >= 11 is 0. The minimum Gasteiger partial charge on any atom is -0.473 e. The Balaban J connectivity index is 0.000000146. The molecule has 15 rings (SSSR count). The number of benzene rings is 8. The Labute approximate surface area is 670 Å². The number of carbonyl (C=O) groups is 4. The maximum absolute atomic E-state index is 12.4. The maximum atomic E-state index is 12.4. The van der Waals surface area contributed by atoms with Crippen LogP contribution in [0.5, 0.6) is 46.5 Å². The van der Waals surface area contributed by atoms with Gasteiger partial charge >= 0.3 is 25.4 Å². The summed E-state index contributed by atoms with van der Waals surface area (Å²) in [6.45, 7) is 13.2. The minimum absolute atomic E-state index is 0.0393. The highest BCUT2D eigenvalue weighted by molar-refractivity contribution is 5.91. The van der Waals surface area contributed by atoms with E-state index in [0.717, 1.165) is 74.1 Å². The number of ketones is 1. The monoisotopic (exact) mass is 1670 g/mol. The van der Waals surface area contributed by atoms with Crippen LogP contribution in [0.3, 0.4) is 0 Å². The zero-order chi connectivity index (χ0) is 84.9. The highest BCUT2D eigenvalue weighted by atomic mass is 19.4. The summed E-state index contributed by atoms with van der Waals surface area (Å²) in [6.07, 6.45) is -13.7. The van der Waals surface area contributed by atoms with Crippen LogP contribution in [-0.4, -0.2) is 149 Å². The summed E-state index contributed by atoms with van der Waals surface area (Å²) in [5.41, 5.74) is 7.77. The molecule has 3 fully saturated rings. The third kappa shape index (κ3) is 23.6. The molecule has 0 unspecified atom stereocenters. The molecule has 628 valence electrons. The molecule has 0 aliphatic carbocycles. The molecule has 8 aromatic carbocycles. The summed E-state index contributed by atoms with van der Waals surface area (Å²) in [6, 6.07) is 43.1. The number of alkyl halides is 12. The summed E-state index contributed by atoms with van der Waals surface area (Å²) in [7, 11) is 0. The Bertz CT molecular complexity index is 5450. The normalized spacial score (nSPS) is 14.4. The van der Waals surface area contributed by atoms with E-state index in [1.54, 1.807) is 88.7 Å². The summed E-state index contributed by atoms with van der Waals surface area (Å²) in [5.74, 6) is 0.428. The first kappa shape index (κ1) is 85.6. The number of rotatable bonds is 25. The molecule has 3 aliphatic heterocycles. The van der Waals surface area contributed by atoms with Crippen molar-refractivity contribution in [3.05, 3.63) is 170 Å². The van der Waals surface area contributed by atoms with Gasteiger partial charge in [0, 0.05) is 45.4 Å². The van der Waals surface area contributed by atoms with E-state index in [-0.39, 0.29) is 102 Å².